The molecule has 0 atom stereocenters. The SMILES string of the molecule is COc1cccc2oc(-c3c(COCc4cnc[nH]4)[nH]c4c(-c5ccccc5)c(C(F)(F)F)nn4c3=O)nc12. The Labute approximate surface area is 217 Å². The zero-order chi connectivity index (χ0) is 27.1. The van der Waals surface area contributed by atoms with Gasteiger partial charge in [0.05, 0.1) is 49.8 Å². The van der Waals surface area contributed by atoms with Crippen LogP contribution in [0.4, 0.5) is 13.2 Å². The van der Waals surface area contributed by atoms with Crippen LogP contribution in [-0.2, 0) is 24.1 Å². The third-order valence-electron chi connectivity index (χ3n) is 6.07. The number of alkyl halides is 3. The summed E-state index contributed by atoms with van der Waals surface area (Å²) in [5.41, 5.74) is -0.861. The molecule has 2 aromatic carbocycles. The Morgan fingerprint density at radius 2 is 1.87 bits per heavy atom. The highest BCUT2D eigenvalue weighted by atomic mass is 19.4. The van der Waals surface area contributed by atoms with Crippen molar-refractivity contribution in [3.8, 4) is 28.3 Å². The highest BCUT2D eigenvalue weighted by Gasteiger charge is 2.39. The lowest BCUT2D eigenvalue weighted by atomic mass is 10.1. The van der Waals surface area contributed by atoms with Crippen LogP contribution < -0.4 is 10.3 Å². The van der Waals surface area contributed by atoms with E-state index in [1.54, 1.807) is 42.6 Å². The third kappa shape index (κ3) is 4.32. The lowest BCUT2D eigenvalue weighted by Gasteiger charge is -2.10. The molecule has 39 heavy (non-hydrogen) atoms. The highest BCUT2D eigenvalue weighted by Crippen LogP contribution is 2.39. The molecule has 0 saturated carbocycles. The number of H-pyrrole nitrogens is 2. The number of benzene rings is 2. The molecule has 4 aromatic heterocycles. The number of methoxy groups -OCH3 is 1. The first kappa shape index (κ1) is 24.4. The van der Waals surface area contributed by atoms with Gasteiger partial charge >= 0.3 is 6.18 Å². The number of ether oxygens (including phenoxy) is 2. The predicted molar refractivity (Wildman–Crippen MR) is 133 cm³/mol. The zero-order valence-corrected chi connectivity index (χ0v) is 20.2. The van der Waals surface area contributed by atoms with Crippen molar-refractivity contribution in [1.82, 2.24) is 29.5 Å². The Morgan fingerprint density at radius 3 is 2.59 bits per heavy atom. The summed E-state index contributed by atoms with van der Waals surface area (Å²) < 4.78 is 60.1. The molecule has 0 amide bonds. The molecule has 2 N–H and O–H groups in total. The molecule has 4 heterocycles. The van der Waals surface area contributed by atoms with E-state index in [-0.39, 0.29) is 47.1 Å². The number of halogens is 3. The van der Waals surface area contributed by atoms with Gasteiger partial charge in [-0.05, 0) is 17.7 Å². The van der Waals surface area contributed by atoms with Crippen LogP contribution in [0.1, 0.15) is 17.1 Å². The number of aromatic amines is 2. The number of nitrogens with one attached hydrogen (secondary N) is 2. The zero-order valence-electron chi connectivity index (χ0n) is 20.2. The average molecular weight is 536 g/mol. The summed E-state index contributed by atoms with van der Waals surface area (Å²) in [6.45, 7) is -0.0800. The van der Waals surface area contributed by atoms with Gasteiger partial charge in [0.25, 0.3) is 5.56 Å². The fourth-order valence-electron chi connectivity index (χ4n) is 4.35. The molecule has 0 unspecified atom stereocenters. The number of para-hydroxylation sites is 1. The van der Waals surface area contributed by atoms with Gasteiger partial charge in [-0.25, -0.2) is 9.97 Å². The van der Waals surface area contributed by atoms with Crippen molar-refractivity contribution in [1.29, 1.82) is 0 Å². The molecule has 0 aliphatic rings. The molecular formula is C26H19F3N6O4. The number of oxazole rings is 1. The van der Waals surface area contributed by atoms with Crippen molar-refractivity contribution in [3.05, 3.63) is 88.5 Å². The molecule has 0 saturated heterocycles. The molecule has 6 rings (SSSR count). The minimum Gasteiger partial charge on any atom is -0.494 e. The van der Waals surface area contributed by atoms with E-state index in [1.807, 2.05) is 0 Å². The Kier molecular flexibility index (Phi) is 5.91. The Morgan fingerprint density at radius 1 is 1.05 bits per heavy atom. The predicted octanol–water partition coefficient (Wildman–Crippen LogP) is 4.97. The second kappa shape index (κ2) is 9.44. The maximum Gasteiger partial charge on any atom is 0.435 e. The number of fused-ring (bicyclic) bond motifs is 2. The fraction of sp³-hybridized carbons (Fsp3) is 0.154. The third-order valence-corrected chi connectivity index (χ3v) is 6.07. The normalized spacial score (nSPS) is 12.0. The highest BCUT2D eigenvalue weighted by molar-refractivity contribution is 5.84. The molecule has 0 aliphatic heterocycles. The molecule has 198 valence electrons. The Hall–Kier alpha value is -4.91. The first-order chi connectivity index (χ1) is 18.8. The lowest BCUT2D eigenvalue weighted by molar-refractivity contribution is -0.140. The minimum atomic E-state index is -4.83. The molecule has 10 nitrogen and oxygen atoms in total. The number of nitrogens with zero attached hydrogens (tertiary/aromatic N) is 4. The van der Waals surface area contributed by atoms with Gasteiger partial charge in [0, 0.05) is 0 Å². The molecule has 0 aliphatic carbocycles. The maximum absolute atomic E-state index is 14.1. The van der Waals surface area contributed by atoms with Gasteiger partial charge in [0.1, 0.15) is 17.0 Å². The van der Waals surface area contributed by atoms with Crippen molar-refractivity contribution in [3.63, 3.8) is 0 Å². The topological polar surface area (TPSA) is 123 Å². The first-order valence-electron chi connectivity index (χ1n) is 11.6. The summed E-state index contributed by atoms with van der Waals surface area (Å²) >= 11 is 0. The van der Waals surface area contributed by atoms with Crippen molar-refractivity contribution < 1.29 is 27.1 Å². The Balaban J connectivity index is 1.60. The van der Waals surface area contributed by atoms with E-state index in [0.717, 1.165) is 0 Å². The van der Waals surface area contributed by atoms with E-state index in [4.69, 9.17) is 13.9 Å². The number of rotatable bonds is 7. The van der Waals surface area contributed by atoms with Crippen LogP contribution in [0.3, 0.4) is 0 Å². The van der Waals surface area contributed by atoms with Crippen LogP contribution in [0.15, 0.2) is 70.3 Å². The summed E-state index contributed by atoms with van der Waals surface area (Å²) in [5, 5.41) is 3.70. The smallest absolute Gasteiger partial charge is 0.435 e. The number of hydrogen-bond donors (Lipinski definition) is 2. The van der Waals surface area contributed by atoms with Crippen molar-refractivity contribution in [2.75, 3.05) is 7.11 Å². The summed E-state index contributed by atoms with van der Waals surface area (Å²) in [6.07, 6.45) is -1.78. The van der Waals surface area contributed by atoms with Crippen LogP contribution in [0.5, 0.6) is 5.75 Å². The van der Waals surface area contributed by atoms with Crippen LogP contribution in [0, 0.1) is 0 Å². The summed E-state index contributed by atoms with van der Waals surface area (Å²) in [5.74, 6) is 0.282. The summed E-state index contributed by atoms with van der Waals surface area (Å²) in [4.78, 5) is 28.0. The molecule has 0 fully saturated rings. The Bertz CT molecular complexity index is 1840. The first-order valence-corrected chi connectivity index (χ1v) is 11.6. The van der Waals surface area contributed by atoms with Crippen molar-refractivity contribution in [2.45, 2.75) is 19.4 Å². The van der Waals surface area contributed by atoms with Gasteiger partial charge in [-0.3, -0.25) is 4.79 Å². The van der Waals surface area contributed by atoms with Gasteiger partial charge in [0.15, 0.2) is 16.8 Å². The second-order valence-electron chi connectivity index (χ2n) is 8.53. The molecule has 0 spiro atoms. The van der Waals surface area contributed by atoms with Gasteiger partial charge < -0.3 is 23.9 Å². The van der Waals surface area contributed by atoms with Crippen LogP contribution in [0.2, 0.25) is 0 Å². The quantitative estimate of drug-likeness (QED) is 0.295. The minimum absolute atomic E-state index is 0.104. The van der Waals surface area contributed by atoms with Crippen molar-refractivity contribution in [2.24, 2.45) is 0 Å². The van der Waals surface area contributed by atoms with Gasteiger partial charge in [-0.15, -0.1) is 0 Å². The lowest BCUT2D eigenvalue weighted by Crippen LogP contribution is -2.21. The van der Waals surface area contributed by atoms with Crippen LogP contribution in [0.25, 0.3) is 39.3 Å². The largest absolute Gasteiger partial charge is 0.494 e. The fourth-order valence-corrected chi connectivity index (χ4v) is 4.35. The maximum atomic E-state index is 14.1. The summed E-state index contributed by atoms with van der Waals surface area (Å²) in [6, 6.07) is 12.9. The standard InChI is InChI=1S/C26H19F3N6O4/c1-37-17-8-5-9-18-21(17)33-24(39-18)20-16(12-38-11-15-10-30-13-31-15)32-23-19(14-6-3-2-4-7-14)22(26(27,28)29)34-35(23)25(20)36/h2-10,13,32H,11-12H2,1H3,(H,30,31). The summed E-state index contributed by atoms with van der Waals surface area (Å²) in [7, 11) is 1.46. The number of aromatic nitrogens is 6. The number of imidazole rings is 1. The van der Waals surface area contributed by atoms with Crippen LogP contribution in [-0.4, -0.2) is 36.7 Å². The van der Waals surface area contributed by atoms with E-state index in [2.05, 4.69) is 25.0 Å². The van der Waals surface area contributed by atoms with E-state index in [1.165, 1.54) is 25.6 Å². The van der Waals surface area contributed by atoms with Crippen LogP contribution >= 0.6 is 0 Å². The van der Waals surface area contributed by atoms with Gasteiger partial charge in [-0.2, -0.15) is 22.8 Å². The monoisotopic (exact) mass is 536 g/mol. The molecule has 13 heteroatoms. The van der Waals surface area contributed by atoms with Gasteiger partial charge in [-0.1, -0.05) is 36.4 Å². The molecule has 0 radical (unpaired) electrons. The van der Waals surface area contributed by atoms with Gasteiger partial charge in [0.2, 0.25) is 5.89 Å². The van der Waals surface area contributed by atoms with Crippen molar-refractivity contribution >= 4 is 16.7 Å². The van der Waals surface area contributed by atoms with E-state index >= 15 is 0 Å². The second-order valence-corrected chi connectivity index (χ2v) is 8.53. The number of hydrogen-bond acceptors (Lipinski definition) is 7. The van der Waals surface area contributed by atoms with E-state index in [0.29, 0.717) is 27.1 Å². The van der Waals surface area contributed by atoms with E-state index in [9.17, 15) is 18.0 Å². The molecular weight excluding hydrogens is 517 g/mol. The average Bonchev–Trinajstić information content (AvgIpc) is 3.67. The van der Waals surface area contributed by atoms with E-state index < -0.39 is 17.4 Å². The molecule has 6 aromatic rings. The molecule has 0 bridgehead atoms.